The van der Waals surface area contributed by atoms with Crippen molar-refractivity contribution in [3.8, 4) is 5.82 Å². The van der Waals surface area contributed by atoms with Crippen molar-refractivity contribution >= 4 is 0 Å². The van der Waals surface area contributed by atoms with Crippen LogP contribution in [0.1, 0.15) is 18.4 Å². The Labute approximate surface area is 151 Å². The second-order valence-corrected chi connectivity index (χ2v) is 6.76. The molecule has 0 amide bonds. The number of benzene rings is 1. The zero-order valence-corrected chi connectivity index (χ0v) is 14.6. The fraction of sp³-hybridized carbons (Fsp3) is 0.368. The lowest BCUT2D eigenvalue weighted by atomic mass is 9.96. The van der Waals surface area contributed by atoms with Crippen LogP contribution >= 0.6 is 0 Å². The molecule has 0 bridgehead atoms. The zero-order valence-electron chi connectivity index (χ0n) is 14.6. The summed E-state index contributed by atoms with van der Waals surface area (Å²) in [5.41, 5.74) is 1.28. The number of hydrogen-bond acceptors (Lipinski definition) is 5. The molecule has 1 saturated heterocycles. The van der Waals surface area contributed by atoms with E-state index >= 15 is 0 Å². The van der Waals surface area contributed by atoms with E-state index in [0.29, 0.717) is 18.3 Å². The van der Waals surface area contributed by atoms with Gasteiger partial charge in [0.2, 0.25) is 0 Å². The van der Waals surface area contributed by atoms with Crippen molar-refractivity contribution < 1.29 is 0 Å². The van der Waals surface area contributed by atoms with Gasteiger partial charge >= 0.3 is 0 Å². The summed E-state index contributed by atoms with van der Waals surface area (Å²) in [6, 6.07) is 13.8. The lowest BCUT2D eigenvalue weighted by Gasteiger charge is -2.32. The summed E-state index contributed by atoms with van der Waals surface area (Å²) in [6.45, 7) is 3.75. The van der Waals surface area contributed by atoms with Crippen LogP contribution in [-0.4, -0.2) is 42.5 Å². The van der Waals surface area contributed by atoms with Crippen LogP contribution in [0.5, 0.6) is 0 Å². The highest BCUT2D eigenvalue weighted by Crippen LogP contribution is 2.20. The maximum atomic E-state index is 12.2. The maximum Gasteiger partial charge on any atom is 0.266 e. The first-order chi connectivity index (χ1) is 12.8. The molecule has 7 nitrogen and oxygen atoms in total. The average molecular weight is 350 g/mol. The van der Waals surface area contributed by atoms with Crippen LogP contribution in [0.25, 0.3) is 5.82 Å². The van der Waals surface area contributed by atoms with E-state index in [1.165, 1.54) is 11.9 Å². The second-order valence-electron chi connectivity index (χ2n) is 6.76. The van der Waals surface area contributed by atoms with Crippen molar-refractivity contribution in [1.82, 2.24) is 29.4 Å². The quantitative estimate of drug-likeness (QED) is 0.701. The molecule has 0 aliphatic carbocycles. The van der Waals surface area contributed by atoms with Gasteiger partial charge in [0, 0.05) is 19.2 Å². The molecule has 1 aromatic carbocycles. The topological polar surface area (TPSA) is 68.8 Å². The van der Waals surface area contributed by atoms with Gasteiger partial charge in [0.05, 0.1) is 0 Å². The molecule has 0 saturated carbocycles. The van der Waals surface area contributed by atoms with E-state index in [2.05, 4.69) is 44.3 Å². The summed E-state index contributed by atoms with van der Waals surface area (Å²) >= 11 is 0. The van der Waals surface area contributed by atoms with Crippen LogP contribution in [0, 0.1) is 5.92 Å². The number of nitrogens with zero attached hydrogens (tertiary/aromatic N) is 6. The Morgan fingerprint density at radius 1 is 1.04 bits per heavy atom. The van der Waals surface area contributed by atoms with E-state index in [1.54, 1.807) is 27.8 Å². The van der Waals surface area contributed by atoms with Gasteiger partial charge in [-0.2, -0.15) is 5.10 Å². The van der Waals surface area contributed by atoms with Crippen molar-refractivity contribution in [2.75, 3.05) is 13.1 Å². The van der Waals surface area contributed by atoms with E-state index < -0.39 is 0 Å². The molecule has 134 valence electrons. The van der Waals surface area contributed by atoms with Gasteiger partial charge in [-0.3, -0.25) is 9.69 Å². The Kier molecular flexibility index (Phi) is 4.88. The molecule has 0 atom stereocenters. The molecule has 0 spiro atoms. The summed E-state index contributed by atoms with van der Waals surface area (Å²) in [5, 5.41) is 8.52. The summed E-state index contributed by atoms with van der Waals surface area (Å²) in [4.78, 5) is 18.6. The minimum atomic E-state index is -0.0689. The molecular formula is C19H22N6O. The van der Waals surface area contributed by atoms with Gasteiger partial charge in [-0.25, -0.2) is 14.3 Å². The molecular weight excluding hydrogens is 328 g/mol. The Morgan fingerprint density at radius 3 is 2.58 bits per heavy atom. The summed E-state index contributed by atoms with van der Waals surface area (Å²) < 4.78 is 3.13. The fourth-order valence-corrected chi connectivity index (χ4v) is 3.43. The number of hydrogen-bond donors (Lipinski definition) is 0. The van der Waals surface area contributed by atoms with Gasteiger partial charge in [0.15, 0.2) is 5.82 Å². The van der Waals surface area contributed by atoms with Gasteiger partial charge in [0.1, 0.15) is 12.7 Å². The normalized spacial score (nSPS) is 16.0. The second kappa shape index (κ2) is 7.61. The van der Waals surface area contributed by atoms with Gasteiger partial charge < -0.3 is 0 Å². The van der Waals surface area contributed by atoms with Crippen LogP contribution in [0.3, 0.4) is 0 Å². The first-order valence-electron chi connectivity index (χ1n) is 8.97. The van der Waals surface area contributed by atoms with Gasteiger partial charge in [-0.15, -0.1) is 5.10 Å². The molecule has 1 aliphatic rings. The minimum Gasteiger partial charge on any atom is -0.299 e. The van der Waals surface area contributed by atoms with Crippen LogP contribution in [0.4, 0.5) is 0 Å². The Hall–Kier alpha value is -2.80. The van der Waals surface area contributed by atoms with Crippen molar-refractivity contribution in [2.45, 2.75) is 25.9 Å². The number of piperidine rings is 1. The molecule has 4 rings (SSSR count). The molecule has 2 aromatic heterocycles. The highest BCUT2D eigenvalue weighted by molar-refractivity contribution is 5.16. The van der Waals surface area contributed by atoms with Gasteiger partial charge in [-0.05, 0) is 43.5 Å². The van der Waals surface area contributed by atoms with E-state index in [4.69, 9.17) is 0 Å². The van der Waals surface area contributed by atoms with Crippen molar-refractivity contribution in [2.24, 2.45) is 5.92 Å². The molecule has 0 unspecified atom stereocenters. The molecule has 1 fully saturated rings. The maximum absolute atomic E-state index is 12.2. The van der Waals surface area contributed by atoms with E-state index in [-0.39, 0.29) is 5.56 Å². The number of likely N-dealkylation sites (tertiary alicyclic amines) is 1. The molecule has 26 heavy (non-hydrogen) atoms. The third-order valence-corrected chi connectivity index (χ3v) is 4.89. The monoisotopic (exact) mass is 350 g/mol. The van der Waals surface area contributed by atoms with E-state index in [1.807, 2.05) is 6.07 Å². The molecule has 7 heteroatoms. The van der Waals surface area contributed by atoms with Gasteiger partial charge in [0.25, 0.3) is 5.56 Å². The molecule has 3 heterocycles. The van der Waals surface area contributed by atoms with Crippen LogP contribution in [0.15, 0.2) is 59.9 Å². The highest BCUT2D eigenvalue weighted by Gasteiger charge is 2.20. The first kappa shape index (κ1) is 16.7. The van der Waals surface area contributed by atoms with Gasteiger partial charge in [-0.1, -0.05) is 30.3 Å². The third kappa shape index (κ3) is 3.88. The molecule has 3 aromatic rings. The smallest absolute Gasteiger partial charge is 0.266 e. The standard InChI is InChI=1S/C19H22N6O/c26-19-7-6-18(25-15-20-14-21-25)22-24(19)13-17-8-10-23(11-9-17)12-16-4-2-1-3-5-16/h1-7,14-15,17H,8-13H2. The Bertz CT molecular complexity index is 882. The third-order valence-electron chi connectivity index (χ3n) is 4.89. The number of aromatic nitrogens is 5. The molecule has 1 aliphatic heterocycles. The lowest BCUT2D eigenvalue weighted by molar-refractivity contribution is 0.163. The minimum absolute atomic E-state index is 0.0689. The fourth-order valence-electron chi connectivity index (χ4n) is 3.43. The lowest BCUT2D eigenvalue weighted by Crippen LogP contribution is -2.36. The Morgan fingerprint density at radius 2 is 1.85 bits per heavy atom. The van der Waals surface area contributed by atoms with Crippen LogP contribution in [-0.2, 0) is 13.1 Å². The van der Waals surface area contributed by atoms with Crippen molar-refractivity contribution in [3.63, 3.8) is 0 Å². The first-order valence-corrected chi connectivity index (χ1v) is 8.97. The zero-order chi connectivity index (χ0) is 17.8. The van der Waals surface area contributed by atoms with Crippen molar-refractivity contribution in [3.05, 3.63) is 71.0 Å². The predicted molar refractivity (Wildman–Crippen MR) is 97.9 cm³/mol. The Balaban J connectivity index is 1.37. The summed E-state index contributed by atoms with van der Waals surface area (Å²) in [6.07, 6.45) is 5.20. The van der Waals surface area contributed by atoms with Crippen molar-refractivity contribution in [1.29, 1.82) is 0 Å². The van der Waals surface area contributed by atoms with Crippen LogP contribution < -0.4 is 5.56 Å². The molecule has 0 radical (unpaired) electrons. The summed E-state index contributed by atoms with van der Waals surface area (Å²) in [7, 11) is 0. The summed E-state index contributed by atoms with van der Waals surface area (Å²) in [5.74, 6) is 1.09. The molecule has 0 N–H and O–H groups in total. The van der Waals surface area contributed by atoms with Crippen LogP contribution in [0.2, 0.25) is 0 Å². The predicted octanol–water partition coefficient (Wildman–Crippen LogP) is 1.74. The average Bonchev–Trinajstić information content (AvgIpc) is 3.21. The largest absolute Gasteiger partial charge is 0.299 e. The van der Waals surface area contributed by atoms with E-state index in [9.17, 15) is 4.79 Å². The number of rotatable bonds is 5. The SMILES string of the molecule is O=c1ccc(-n2cncn2)nn1CC1CCN(Cc2ccccc2)CC1. The van der Waals surface area contributed by atoms with E-state index in [0.717, 1.165) is 32.5 Å². The highest BCUT2D eigenvalue weighted by atomic mass is 16.1.